The molecular weight excluding hydrogens is 382 g/mol. The van der Waals surface area contributed by atoms with Gasteiger partial charge >= 0.3 is 0 Å². The average Bonchev–Trinajstić information content (AvgIpc) is 2.78. The van der Waals surface area contributed by atoms with Crippen LogP contribution in [0.2, 0.25) is 0 Å². The van der Waals surface area contributed by atoms with Crippen molar-refractivity contribution in [3.63, 3.8) is 0 Å². The maximum atomic E-state index is 11.9. The van der Waals surface area contributed by atoms with E-state index in [1.807, 2.05) is 36.4 Å². The Labute approximate surface area is 173 Å². The molecule has 0 spiro atoms. The minimum atomic E-state index is -0.544. The Balaban J connectivity index is 1.74. The molecule has 0 radical (unpaired) electrons. The average molecular weight is 401 g/mol. The summed E-state index contributed by atoms with van der Waals surface area (Å²) in [6, 6.07) is 19.6. The van der Waals surface area contributed by atoms with Crippen LogP contribution in [-0.2, 0) is 0 Å². The lowest BCUT2D eigenvalue weighted by molar-refractivity contribution is 0.100. The second kappa shape index (κ2) is 8.08. The molecular formula is C23H19N3O4. The summed E-state index contributed by atoms with van der Waals surface area (Å²) >= 11 is 0. The molecule has 2 N–H and O–H groups in total. The third-order valence-electron chi connectivity index (χ3n) is 4.56. The summed E-state index contributed by atoms with van der Waals surface area (Å²) in [5.74, 6) is 1.73. The highest BCUT2D eigenvalue weighted by molar-refractivity contribution is 6.00. The smallest absolute Gasteiger partial charge is 0.249 e. The number of rotatable bonds is 6. The molecule has 7 heteroatoms. The molecule has 1 amide bonds. The predicted octanol–water partition coefficient (Wildman–Crippen LogP) is 4.21. The number of methoxy groups -OCH3 is 2. The maximum absolute atomic E-state index is 11.9. The summed E-state index contributed by atoms with van der Waals surface area (Å²) in [6.45, 7) is 0. The zero-order chi connectivity index (χ0) is 21.1. The van der Waals surface area contributed by atoms with Crippen molar-refractivity contribution in [1.29, 1.82) is 0 Å². The Kier molecular flexibility index (Phi) is 5.17. The summed E-state index contributed by atoms with van der Waals surface area (Å²) in [5.41, 5.74) is 7.50. The first-order valence-electron chi connectivity index (χ1n) is 9.15. The Morgan fingerprint density at radius 2 is 1.57 bits per heavy atom. The number of primary amides is 1. The molecule has 0 bridgehead atoms. The van der Waals surface area contributed by atoms with E-state index in [2.05, 4.69) is 9.97 Å². The molecule has 150 valence electrons. The van der Waals surface area contributed by atoms with Gasteiger partial charge in [-0.15, -0.1) is 0 Å². The third-order valence-corrected chi connectivity index (χ3v) is 4.56. The van der Waals surface area contributed by atoms with Crippen LogP contribution in [0.15, 0.2) is 66.7 Å². The number of pyridine rings is 2. The predicted molar refractivity (Wildman–Crippen MR) is 113 cm³/mol. The second-order valence-electron chi connectivity index (χ2n) is 6.45. The van der Waals surface area contributed by atoms with Gasteiger partial charge in [-0.3, -0.25) is 4.79 Å². The third kappa shape index (κ3) is 3.86. The van der Waals surface area contributed by atoms with Gasteiger partial charge in [-0.05, 0) is 48.5 Å². The number of aromatic nitrogens is 2. The van der Waals surface area contributed by atoms with E-state index in [1.165, 1.54) is 0 Å². The molecule has 4 aromatic rings. The normalized spacial score (nSPS) is 10.6. The van der Waals surface area contributed by atoms with Crippen LogP contribution in [-0.4, -0.2) is 30.1 Å². The quantitative estimate of drug-likeness (QED) is 0.520. The number of nitrogens with two attached hydrogens (primary N) is 1. The van der Waals surface area contributed by atoms with Gasteiger partial charge in [0.05, 0.1) is 19.9 Å². The van der Waals surface area contributed by atoms with E-state index in [9.17, 15) is 4.79 Å². The van der Waals surface area contributed by atoms with E-state index >= 15 is 0 Å². The molecule has 30 heavy (non-hydrogen) atoms. The molecule has 0 saturated heterocycles. The molecule has 4 rings (SSSR count). The van der Waals surface area contributed by atoms with Crippen LogP contribution in [0.25, 0.3) is 22.3 Å². The van der Waals surface area contributed by atoms with Crippen LogP contribution in [0.5, 0.6) is 23.1 Å². The Bertz CT molecular complexity index is 1240. The van der Waals surface area contributed by atoms with Gasteiger partial charge in [0.15, 0.2) is 5.65 Å². The van der Waals surface area contributed by atoms with E-state index in [1.54, 1.807) is 44.6 Å². The van der Waals surface area contributed by atoms with Crippen molar-refractivity contribution < 1.29 is 19.0 Å². The van der Waals surface area contributed by atoms with Crippen molar-refractivity contribution >= 4 is 16.9 Å². The monoisotopic (exact) mass is 401 g/mol. The van der Waals surface area contributed by atoms with Crippen molar-refractivity contribution in [2.24, 2.45) is 5.73 Å². The topological polar surface area (TPSA) is 96.6 Å². The molecule has 0 aliphatic carbocycles. The minimum Gasteiger partial charge on any atom is -0.497 e. The first kappa shape index (κ1) is 19.2. The number of fused-ring (bicyclic) bond motifs is 1. The fourth-order valence-electron chi connectivity index (χ4n) is 3.05. The Morgan fingerprint density at radius 1 is 0.833 bits per heavy atom. The Morgan fingerprint density at radius 3 is 2.33 bits per heavy atom. The van der Waals surface area contributed by atoms with Gasteiger partial charge in [-0.25, -0.2) is 4.98 Å². The summed E-state index contributed by atoms with van der Waals surface area (Å²) in [7, 11) is 3.15. The molecule has 2 heterocycles. The lowest BCUT2D eigenvalue weighted by Gasteiger charge is -2.10. The van der Waals surface area contributed by atoms with Gasteiger partial charge in [0.25, 0.3) is 0 Å². The van der Waals surface area contributed by atoms with Crippen molar-refractivity contribution in [3.05, 3.63) is 72.3 Å². The first-order valence-corrected chi connectivity index (χ1v) is 9.15. The van der Waals surface area contributed by atoms with Crippen LogP contribution in [0, 0.1) is 0 Å². The van der Waals surface area contributed by atoms with E-state index < -0.39 is 5.91 Å². The summed E-state index contributed by atoms with van der Waals surface area (Å²) in [4.78, 5) is 21.0. The molecule has 2 aromatic carbocycles. The van der Waals surface area contributed by atoms with Crippen LogP contribution in [0.1, 0.15) is 10.4 Å². The maximum Gasteiger partial charge on any atom is 0.249 e. The van der Waals surface area contributed by atoms with Crippen molar-refractivity contribution in [2.45, 2.75) is 0 Å². The van der Waals surface area contributed by atoms with E-state index in [0.29, 0.717) is 45.6 Å². The number of carbonyl (C=O) groups is 1. The highest BCUT2D eigenvalue weighted by Gasteiger charge is 2.14. The van der Waals surface area contributed by atoms with E-state index in [4.69, 9.17) is 19.9 Å². The lowest BCUT2D eigenvalue weighted by Crippen LogP contribution is -2.12. The summed E-state index contributed by atoms with van der Waals surface area (Å²) in [6.07, 6.45) is 0. The van der Waals surface area contributed by atoms with Gasteiger partial charge in [-0.1, -0.05) is 6.07 Å². The largest absolute Gasteiger partial charge is 0.497 e. The second-order valence-corrected chi connectivity index (χ2v) is 6.45. The van der Waals surface area contributed by atoms with Crippen LogP contribution in [0.4, 0.5) is 0 Å². The van der Waals surface area contributed by atoms with E-state index in [-0.39, 0.29) is 0 Å². The highest BCUT2D eigenvalue weighted by Crippen LogP contribution is 2.29. The van der Waals surface area contributed by atoms with Crippen molar-refractivity contribution in [2.75, 3.05) is 14.2 Å². The fraction of sp³-hybridized carbons (Fsp3) is 0.0870. The van der Waals surface area contributed by atoms with Gasteiger partial charge in [-0.2, -0.15) is 4.98 Å². The number of hydrogen-bond acceptors (Lipinski definition) is 6. The number of benzene rings is 2. The van der Waals surface area contributed by atoms with Gasteiger partial charge < -0.3 is 19.9 Å². The highest BCUT2D eigenvalue weighted by atomic mass is 16.5. The van der Waals surface area contributed by atoms with Gasteiger partial charge in [0, 0.05) is 28.6 Å². The van der Waals surface area contributed by atoms with Gasteiger partial charge in [0.1, 0.15) is 17.2 Å². The molecule has 0 saturated carbocycles. The standard InChI is InChI=1S/C23H19N3O4/c1-28-15-4-3-5-17(12-15)30-21-11-7-14-6-10-20(25-23(14)26-21)19-13-16(29-2)8-9-18(19)22(24)27/h3-13H,1-2H3,(H2,24,27). The fourth-order valence-corrected chi connectivity index (χ4v) is 3.05. The van der Waals surface area contributed by atoms with Crippen LogP contribution < -0.4 is 19.9 Å². The lowest BCUT2D eigenvalue weighted by atomic mass is 10.0. The Hall–Kier alpha value is -4.13. The van der Waals surface area contributed by atoms with Crippen LogP contribution in [0.3, 0.4) is 0 Å². The SMILES string of the molecule is COc1cccc(Oc2ccc3ccc(-c4cc(OC)ccc4C(N)=O)nc3n2)c1. The molecule has 0 fully saturated rings. The summed E-state index contributed by atoms with van der Waals surface area (Å²) in [5, 5.41) is 0.834. The molecule has 0 atom stereocenters. The molecule has 0 aliphatic rings. The zero-order valence-corrected chi connectivity index (χ0v) is 16.5. The molecule has 7 nitrogen and oxygen atoms in total. The number of ether oxygens (including phenoxy) is 3. The number of nitrogens with zero attached hydrogens (tertiary/aromatic N) is 2. The number of amides is 1. The minimum absolute atomic E-state index is 0.353. The molecule has 0 aliphatic heterocycles. The zero-order valence-electron chi connectivity index (χ0n) is 16.5. The molecule has 0 unspecified atom stereocenters. The van der Waals surface area contributed by atoms with Gasteiger partial charge in [0.2, 0.25) is 11.8 Å². The number of carbonyl (C=O) groups excluding carboxylic acids is 1. The molecule has 2 aromatic heterocycles. The van der Waals surface area contributed by atoms with Crippen molar-refractivity contribution in [3.8, 4) is 34.4 Å². The summed E-state index contributed by atoms with van der Waals surface area (Å²) < 4.78 is 16.3. The number of hydrogen-bond donors (Lipinski definition) is 1. The van der Waals surface area contributed by atoms with E-state index in [0.717, 1.165) is 5.39 Å². The first-order chi connectivity index (χ1) is 14.6. The van der Waals surface area contributed by atoms with Crippen LogP contribution >= 0.6 is 0 Å². The van der Waals surface area contributed by atoms with Crippen molar-refractivity contribution in [1.82, 2.24) is 9.97 Å².